The number of amides is 2. The number of carbonyl (C=O) groups is 2. The normalized spacial score (nSPS) is 28.4. The molecule has 2 amide bonds. The first-order valence-corrected chi connectivity index (χ1v) is 11.1. The van der Waals surface area contributed by atoms with Crippen molar-refractivity contribution >= 4 is 34.0 Å². The van der Waals surface area contributed by atoms with E-state index in [-0.39, 0.29) is 18.1 Å². The van der Waals surface area contributed by atoms with Crippen LogP contribution in [0.3, 0.4) is 0 Å². The zero-order valence-electron chi connectivity index (χ0n) is 16.5. The van der Waals surface area contributed by atoms with E-state index < -0.39 is 0 Å². The van der Waals surface area contributed by atoms with Crippen LogP contribution in [0.25, 0.3) is 10.4 Å². The van der Waals surface area contributed by atoms with Gasteiger partial charge in [0.15, 0.2) is 0 Å². The number of cyclic esters (lactones) is 1. The highest BCUT2D eigenvalue weighted by Gasteiger charge is 2.45. The molecular formula is C22H25N3O3S. The molecule has 0 saturated carbocycles. The van der Waals surface area contributed by atoms with E-state index in [0.29, 0.717) is 18.4 Å². The summed E-state index contributed by atoms with van der Waals surface area (Å²) in [6.07, 6.45) is 2.22. The Labute approximate surface area is 174 Å². The molecule has 6 nitrogen and oxygen atoms in total. The van der Waals surface area contributed by atoms with Gasteiger partial charge in [0, 0.05) is 30.0 Å². The number of carbonyl (C=O) groups excluding carboxylic acids is 2. The largest absolute Gasteiger partial charge is 0.444 e. The third-order valence-electron chi connectivity index (χ3n) is 6.34. The first-order chi connectivity index (χ1) is 14.1. The van der Waals surface area contributed by atoms with Crippen molar-refractivity contribution in [2.24, 2.45) is 11.8 Å². The van der Waals surface area contributed by atoms with Crippen LogP contribution in [0.15, 0.2) is 36.4 Å². The first-order valence-electron chi connectivity index (χ1n) is 10.3. The maximum Gasteiger partial charge on any atom is 0.415 e. The minimum atomic E-state index is -0.230. The number of fused-ring (bicyclic) bond motifs is 3. The highest BCUT2D eigenvalue weighted by Crippen LogP contribution is 2.40. The van der Waals surface area contributed by atoms with Crippen LogP contribution in [0.5, 0.6) is 0 Å². The van der Waals surface area contributed by atoms with Gasteiger partial charge in [-0.3, -0.25) is 9.69 Å². The van der Waals surface area contributed by atoms with Crippen LogP contribution in [0.4, 0.5) is 15.5 Å². The van der Waals surface area contributed by atoms with Gasteiger partial charge in [0.25, 0.3) is 0 Å². The van der Waals surface area contributed by atoms with E-state index in [1.807, 2.05) is 36.4 Å². The van der Waals surface area contributed by atoms with E-state index in [1.165, 1.54) is 32.9 Å². The molecule has 2 bridgehead atoms. The Bertz CT molecular complexity index is 935. The summed E-state index contributed by atoms with van der Waals surface area (Å²) in [4.78, 5) is 29.3. The van der Waals surface area contributed by atoms with Gasteiger partial charge in [-0.15, -0.1) is 11.3 Å². The number of nitrogens with zero attached hydrogens (tertiary/aromatic N) is 2. The number of thiophene rings is 1. The molecule has 2 aromatic rings. The predicted molar refractivity (Wildman–Crippen MR) is 114 cm³/mol. The lowest BCUT2D eigenvalue weighted by molar-refractivity contribution is -0.114. The lowest BCUT2D eigenvalue weighted by atomic mass is 9.76. The Morgan fingerprint density at radius 3 is 2.72 bits per heavy atom. The molecule has 1 unspecified atom stereocenters. The molecule has 1 aromatic carbocycles. The summed E-state index contributed by atoms with van der Waals surface area (Å²) in [5, 5.41) is 3.73. The van der Waals surface area contributed by atoms with Crippen molar-refractivity contribution < 1.29 is 14.3 Å². The van der Waals surface area contributed by atoms with Crippen molar-refractivity contribution in [3.63, 3.8) is 0 Å². The second kappa shape index (κ2) is 7.46. The summed E-state index contributed by atoms with van der Waals surface area (Å²) in [5.74, 6) is 1.06. The van der Waals surface area contributed by atoms with Gasteiger partial charge in [-0.05, 0) is 61.7 Å². The first kappa shape index (κ1) is 18.6. The quantitative estimate of drug-likeness (QED) is 0.825. The fraction of sp³-hybridized carbons (Fsp3) is 0.455. The van der Waals surface area contributed by atoms with Gasteiger partial charge in [0.1, 0.15) is 11.1 Å². The Balaban J connectivity index is 1.32. The fourth-order valence-electron chi connectivity index (χ4n) is 4.90. The van der Waals surface area contributed by atoms with Crippen molar-refractivity contribution in [1.82, 2.24) is 4.90 Å². The van der Waals surface area contributed by atoms with Crippen LogP contribution in [0.1, 0.15) is 19.8 Å². The molecule has 0 aliphatic carbocycles. The maximum atomic E-state index is 12.6. The number of piperidine rings is 3. The lowest BCUT2D eigenvalue weighted by Crippen LogP contribution is -2.52. The van der Waals surface area contributed by atoms with Crippen LogP contribution < -0.4 is 10.2 Å². The number of hydrogen-bond donors (Lipinski definition) is 1. The van der Waals surface area contributed by atoms with E-state index in [0.717, 1.165) is 27.7 Å². The summed E-state index contributed by atoms with van der Waals surface area (Å²) in [5.41, 5.74) is 1.79. The number of anilines is 2. The zero-order valence-corrected chi connectivity index (χ0v) is 17.3. The SMILES string of the molecule is CC(=O)Nc1cccc(-c2ccc(N3C[C@@H](C4CN5CCC4CC5)OC3=O)s2)c1. The van der Waals surface area contributed by atoms with Gasteiger partial charge in [0.2, 0.25) is 5.91 Å². The van der Waals surface area contributed by atoms with Gasteiger partial charge < -0.3 is 15.0 Å². The number of rotatable bonds is 4. The number of ether oxygens (including phenoxy) is 1. The molecule has 29 heavy (non-hydrogen) atoms. The van der Waals surface area contributed by atoms with Gasteiger partial charge in [-0.2, -0.15) is 0 Å². The maximum absolute atomic E-state index is 12.6. The molecule has 152 valence electrons. The third kappa shape index (κ3) is 3.65. The van der Waals surface area contributed by atoms with E-state index in [9.17, 15) is 9.59 Å². The Hall–Kier alpha value is -2.38. The Kier molecular flexibility index (Phi) is 4.80. The molecule has 1 N–H and O–H groups in total. The topological polar surface area (TPSA) is 61.9 Å². The van der Waals surface area contributed by atoms with Gasteiger partial charge in [-0.1, -0.05) is 12.1 Å². The molecule has 4 aliphatic rings. The number of hydrogen-bond acceptors (Lipinski definition) is 5. The van der Waals surface area contributed by atoms with Crippen LogP contribution in [0, 0.1) is 11.8 Å². The van der Waals surface area contributed by atoms with Crippen molar-refractivity contribution in [2.75, 3.05) is 36.4 Å². The molecule has 0 radical (unpaired) electrons. The summed E-state index contributed by atoms with van der Waals surface area (Å²) in [6.45, 7) is 5.58. The second-order valence-corrected chi connectivity index (χ2v) is 9.30. The van der Waals surface area contributed by atoms with Crippen LogP contribution in [0.2, 0.25) is 0 Å². The molecule has 0 spiro atoms. The Morgan fingerprint density at radius 1 is 1.17 bits per heavy atom. The van der Waals surface area contributed by atoms with Crippen LogP contribution >= 0.6 is 11.3 Å². The van der Waals surface area contributed by atoms with Crippen molar-refractivity contribution in [1.29, 1.82) is 0 Å². The molecule has 2 atom stereocenters. The van der Waals surface area contributed by atoms with Crippen molar-refractivity contribution in [3.8, 4) is 10.4 Å². The molecule has 4 saturated heterocycles. The molecule has 1 aromatic heterocycles. The minimum Gasteiger partial charge on any atom is -0.444 e. The molecule has 4 aliphatic heterocycles. The highest BCUT2D eigenvalue weighted by atomic mass is 32.1. The second-order valence-electron chi connectivity index (χ2n) is 8.23. The van der Waals surface area contributed by atoms with E-state index in [4.69, 9.17) is 4.74 Å². The molecule has 6 rings (SSSR count). The minimum absolute atomic E-state index is 0.00996. The van der Waals surface area contributed by atoms with E-state index in [1.54, 1.807) is 16.2 Å². The average molecular weight is 412 g/mol. The van der Waals surface area contributed by atoms with Gasteiger partial charge >= 0.3 is 6.09 Å². The van der Waals surface area contributed by atoms with Crippen LogP contribution in [-0.2, 0) is 9.53 Å². The number of nitrogens with one attached hydrogen (secondary N) is 1. The predicted octanol–water partition coefficient (Wildman–Crippen LogP) is 4.04. The van der Waals surface area contributed by atoms with Crippen LogP contribution in [-0.4, -0.2) is 49.2 Å². The number of benzene rings is 1. The molecule has 7 heteroatoms. The lowest BCUT2D eigenvalue weighted by Gasteiger charge is -2.46. The monoisotopic (exact) mass is 411 g/mol. The zero-order chi connectivity index (χ0) is 20.0. The summed E-state index contributed by atoms with van der Waals surface area (Å²) >= 11 is 1.58. The van der Waals surface area contributed by atoms with Gasteiger partial charge in [0.05, 0.1) is 6.54 Å². The molecular weight excluding hydrogens is 386 g/mol. The van der Waals surface area contributed by atoms with Crippen molar-refractivity contribution in [3.05, 3.63) is 36.4 Å². The van der Waals surface area contributed by atoms with E-state index in [2.05, 4.69) is 10.2 Å². The summed E-state index contributed by atoms with van der Waals surface area (Å²) in [7, 11) is 0. The summed E-state index contributed by atoms with van der Waals surface area (Å²) in [6, 6.07) is 11.8. The smallest absolute Gasteiger partial charge is 0.415 e. The third-order valence-corrected chi connectivity index (χ3v) is 7.50. The molecule has 4 fully saturated rings. The Morgan fingerprint density at radius 2 is 2.00 bits per heavy atom. The van der Waals surface area contributed by atoms with Crippen molar-refractivity contribution in [2.45, 2.75) is 25.9 Å². The highest BCUT2D eigenvalue weighted by molar-refractivity contribution is 7.19. The summed E-state index contributed by atoms with van der Waals surface area (Å²) < 4.78 is 5.82. The average Bonchev–Trinajstić information content (AvgIpc) is 3.35. The van der Waals surface area contributed by atoms with E-state index >= 15 is 0 Å². The fourth-order valence-corrected chi connectivity index (χ4v) is 5.90. The standard InChI is InChI=1S/C22H25N3O3S/c1-14(26)23-17-4-2-3-16(11-17)20-5-6-21(29-20)25-13-19(28-22(25)27)18-12-24-9-7-15(18)8-10-24/h2-6,11,15,18-19H,7-10,12-13H2,1H3,(H,23,26)/t18?,19-/m0/s1. The molecule has 5 heterocycles. The van der Waals surface area contributed by atoms with Gasteiger partial charge in [-0.25, -0.2) is 4.79 Å².